The molecule has 1 heterocycles. The van der Waals surface area contributed by atoms with Crippen molar-refractivity contribution in [3.8, 4) is 6.07 Å². The molecule has 0 aromatic heterocycles. The van der Waals surface area contributed by atoms with Crippen molar-refractivity contribution >= 4 is 0 Å². The van der Waals surface area contributed by atoms with E-state index in [4.69, 9.17) is 10.00 Å². The smallest absolute Gasteiger partial charge is 0.0713 e. The van der Waals surface area contributed by atoms with Crippen LogP contribution in [0, 0.1) is 17.2 Å². The lowest BCUT2D eigenvalue weighted by Gasteiger charge is -2.42. The lowest BCUT2D eigenvalue weighted by molar-refractivity contribution is -0.102. The number of rotatable bonds is 3. The fraction of sp³-hybridized carbons (Fsp3) is 0.917. The van der Waals surface area contributed by atoms with Crippen LogP contribution in [0.4, 0.5) is 0 Å². The molecular weight excluding hydrogens is 174 g/mol. The molecule has 1 saturated heterocycles. The van der Waals surface area contributed by atoms with E-state index in [1.165, 1.54) is 25.7 Å². The topological polar surface area (TPSA) is 33.0 Å². The summed E-state index contributed by atoms with van der Waals surface area (Å²) in [5.74, 6) is 0.788. The number of hydrogen-bond acceptors (Lipinski definition) is 2. The summed E-state index contributed by atoms with van der Waals surface area (Å²) in [5.41, 5.74) is 0.153. The van der Waals surface area contributed by atoms with E-state index in [1.807, 2.05) is 0 Å². The molecule has 2 atom stereocenters. The number of nitrogens with zero attached hydrogens (tertiary/aromatic N) is 1. The second kappa shape index (κ2) is 3.90. The standard InChI is InChI=1S/C12H19NO/c1-2-12(10-4-3-5-10)8-6-11(14-12)7-9-13/h10-11H,2-8H2,1H3. The second-order valence-corrected chi connectivity index (χ2v) is 4.69. The van der Waals surface area contributed by atoms with Crippen LogP contribution in [0.1, 0.15) is 51.9 Å². The second-order valence-electron chi connectivity index (χ2n) is 4.69. The highest BCUT2D eigenvalue weighted by Gasteiger charge is 2.46. The lowest BCUT2D eigenvalue weighted by atomic mass is 9.70. The first kappa shape index (κ1) is 9.98. The van der Waals surface area contributed by atoms with Gasteiger partial charge in [-0.25, -0.2) is 0 Å². The van der Waals surface area contributed by atoms with E-state index in [0.717, 1.165) is 18.8 Å². The maximum Gasteiger partial charge on any atom is 0.0713 e. The molecule has 2 rings (SSSR count). The Morgan fingerprint density at radius 2 is 2.21 bits per heavy atom. The van der Waals surface area contributed by atoms with E-state index in [2.05, 4.69) is 13.0 Å². The summed E-state index contributed by atoms with van der Waals surface area (Å²) in [4.78, 5) is 0. The van der Waals surface area contributed by atoms with Crippen LogP contribution < -0.4 is 0 Å². The minimum atomic E-state index is 0.153. The van der Waals surface area contributed by atoms with Crippen molar-refractivity contribution < 1.29 is 4.74 Å². The molecule has 0 aromatic rings. The largest absolute Gasteiger partial charge is 0.370 e. The highest BCUT2D eigenvalue weighted by atomic mass is 16.5. The van der Waals surface area contributed by atoms with Crippen LogP contribution in [0.2, 0.25) is 0 Å². The molecule has 2 nitrogen and oxygen atoms in total. The molecule has 78 valence electrons. The molecule has 1 aliphatic carbocycles. The van der Waals surface area contributed by atoms with E-state index in [0.29, 0.717) is 6.42 Å². The highest BCUT2D eigenvalue weighted by Crippen LogP contribution is 2.48. The highest BCUT2D eigenvalue weighted by molar-refractivity contribution is 4.98. The van der Waals surface area contributed by atoms with Crippen molar-refractivity contribution in [2.75, 3.05) is 0 Å². The van der Waals surface area contributed by atoms with Crippen LogP contribution >= 0.6 is 0 Å². The molecule has 0 spiro atoms. The molecule has 2 aliphatic rings. The van der Waals surface area contributed by atoms with Gasteiger partial charge in [-0.05, 0) is 38.0 Å². The van der Waals surface area contributed by atoms with Crippen LogP contribution in [0.25, 0.3) is 0 Å². The quantitative estimate of drug-likeness (QED) is 0.690. The first-order valence-corrected chi connectivity index (χ1v) is 5.85. The van der Waals surface area contributed by atoms with Gasteiger partial charge in [0.1, 0.15) is 0 Å². The summed E-state index contributed by atoms with van der Waals surface area (Å²) in [6, 6.07) is 2.22. The van der Waals surface area contributed by atoms with Gasteiger partial charge in [-0.15, -0.1) is 0 Å². The monoisotopic (exact) mass is 193 g/mol. The van der Waals surface area contributed by atoms with Crippen molar-refractivity contribution in [2.24, 2.45) is 5.92 Å². The van der Waals surface area contributed by atoms with E-state index >= 15 is 0 Å². The van der Waals surface area contributed by atoms with Crippen LogP contribution in [0.5, 0.6) is 0 Å². The average Bonchev–Trinajstić information content (AvgIpc) is 2.48. The number of nitriles is 1. The van der Waals surface area contributed by atoms with Gasteiger partial charge in [0, 0.05) is 0 Å². The molecule has 0 amide bonds. The maximum absolute atomic E-state index is 8.65. The predicted octanol–water partition coefficient (Wildman–Crippen LogP) is 3.03. The van der Waals surface area contributed by atoms with Gasteiger partial charge in [0.15, 0.2) is 0 Å². The van der Waals surface area contributed by atoms with E-state index in [1.54, 1.807) is 0 Å². The zero-order valence-electron chi connectivity index (χ0n) is 8.96. The Morgan fingerprint density at radius 1 is 1.43 bits per heavy atom. The predicted molar refractivity (Wildman–Crippen MR) is 54.7 cm³/mol. The Morgan fingerprint density at radius 3 is 2.71 bits per heavy atom. The van der Waals surface area contributed by atoms with Crippen LogP contribution in [-0.2, 0) is 4.74 Å². The Labute approximate surface area is 86.2 Å². The van der Waals surface area contributed by atoms with Gasteiger partial charge in [0.2, 0.25) is 0 Å². The summed E-state index contributed by atoms with van der Waals surface area (Å²) in [6.07, 6.45) is 8.26. The minimum absolute atomic E-state index is 0.153. The zero-order valence-corrected chi connectivity index (χ0v) is 8.96. The van der Waals surface area contributed by atoms with Gasteiger partial charge < -0.3 is 4.74 Å². The van der Waals surface area contributed by atoms with Gasteiger partial charge in [-0.1, -0.05) is 13.3 Å². The fourth-order valence-electron chi connectivity index (χ4n) is 2.88. The molecule has 1 saturated carbocycles. The van der Waals surface area contributed by atoms with Crippen molar-refractivity contribution in [2.45, 2.75) is 63.6 Å². The maximum atomic E-state index is 8.65. The Hall–Kier alpha value is -0.550. The summed E-state index contributed by atoms with van der Waals surface area (Å²) in [6.45, 7) is 2.23. The SMILES string of the molecule is CCC1(C2CCC2)CCC(CC#N)O1. The minimum Gasteiger partial charge on any atom is -0.370 e. The molecule has 14 heavy (non-hydrogen) atoms. The van der Waals surface area contributed by atoms with Crippen LogP contribution in [-0.4, -0.2) is 11.7 Å². The normalized spacial score (nSPS) is 37.9. The van der Waals surface area contributed by atoms with Crippen molar-refractivity contribution in [3.63, 3.8) is 0 Å². The first-order valence-electron chi connectivity index (χ1n) is 5.85. The van der Waals surface area contributed by atoms with Crippen molar-refractivity contribution in [3.05, 3.63) is 0 Å². The summed E-state index contributed by atoms with van der Waals surface area (Å²) >= 11 is 0. The summed E-state index contributed by atoms with van der Waals surface area (Å²) in [7, 11) is 0. The summed E-state index contributed by atoms with van der Waals surface area (Å²) < 4.78 is 6.12. The molecule has 0 aromatic carbocycles. The molecule has 1 aliphatic heterocycles. The van der Waals surface area contributed by atoms with Crippen LogP contribution in [0.15, 0.2) is 0 Å². The molecular formula is C12H19NO. The van der Waals surface area contributed by atoms with Gasteiger partial charge >= 0.3 is 0 Å². The van der Waals surface area contributed by atoms with Gasteiger partial charge in [0.25, 0.3) is 0 Å². The zero-order chi connectivity index (χ0) is 10.0. The number of ether oxygens (including phenoxy) is 1. The molecule has 0 radical (unpaired) electrons. The molecule has 2 unspecified atom stereocenters. The third-order valence-corrected chi connectivity index (χ3v) is 4.06. The third-order valence-electron chi connectivity index (χ3n) is 4.06. The fourth-order valence-corrected chi connectivity index (χ4v) is 2.88. The molecule has 2 heteroatoms. The van der Waals surface area contributed by atoms with E-state index in [9.17, 15) is 0 Å². The van der Waals surface area contributed by atoms with Gasteiger partial charge in [-0.2, -0.15) is 5.26 Å². The number of hydrogen-bond donors (Lipinski definition) is 0. The Kier molecular flexibility index (Phi) is 2.78. The third kappa shape index (κ3) is 1.54. The Balaban J connectivity index is 1.98. The average molecular weight is 193 g/mol. The van der Waals surface area contributed by atoms with Crippen LogP contribution in [0.3, 0.4) is 0 Å². The van der Waals surface area contributed by atoms with Gasteiger partial charge in [-0.3, -0.25) is 0 Å². The first-order chi connectivity index (χ1) is 6.80. The molecule has 0 N–H and O–H groups in total. The summed E-state index contributed by atoms with van der Waals surface area (Å²) in [5, 5.41) is 8.65. The molecule has 0 bridgehead atoms. The van der Waals surface area contributed by atoms with E-state index in [-0.39, 0.29) is 11.7 Å². The van der Waals surface area contributed by atoms with Gasteiger partial charge in [0.05, 0.1) is 24.2 Å². The Bertz CT molecular complexity index is 241. The van der Waals surface area contributed by atoms with E-state index < -0.39 is 0 Å². The lowest BCUT2D eigenvalue weighted by Crippen LogP contribution is -2.41. The van der Waals surface area contributed by atoms with Crippen molar-refractivity contribution in [1.29, 1.82) is 5.26 Å². The van der Waals surface area contributed by atoms with Crippen molar-refractivity contribution in [1.82, 2.24) is 0 Å². The molecule has 2 fully saturated rings.